The lowest BCUT2D eigenvalue weighted by Crippen LogP contribution is -2.32. The average Bonchev–Trinajstić information content (AvgIpc) is 2.95. The van der Waals surface area contributed by atoms with Gasteiger partial charge in [-0.3, -0.25) is 10.1 Å². The van der Waals surface area contributed by atoms with Crippen LogP contribution in [0.5, 0.6) is 0 Å². The first-order valence-electron chi connectivity index (χ1n) is 6.67. The maximum Gasteiger partial charge on any atom is 0.0710 e. The Morgan fingerprint density at radius 3 is 3.00 bits per heavy atom. The van der Waals surface area contributed by atoms with Crippen molar-refractivity contribution < 1.29 is 0 Å². The maximum atomic E-state index is 4.17. The van der Waals surface area contributed by atoms with Crippen LogP contribution < -0.4 is 5.32 Å². The number of H-pyrrole nitrogens is 1. The second-order valence-corrected chi connectivity index (χ2v) is 6.00. The third kappa shape index (κ3) is 3.16. The highest BCUT2D eigenvalue weighted by atomic mass is 32.2. The van der Waals surface area contributed by atoms with Crippen molar-refractivity contribution in [2.45, 2.75) is 25.4 Å². The summed E-state index contributed by atoms with van der Waals surface area (Å²) in [5.74, 6) is 2.55. The Morgan fingerprint density at radius 2 is 2.21 bits per heavy atom. The normalized spacial score (nSPS) is 16.6. The second-order valence-electron chi connectivity index (χ2n) is 4.78. The lowest BCUT2D eigenvalue weighted by Gasteiger charge is -2.22. The fourth-order valence-corrected chi connectivity index (χ4v) is 3.47. The van der Waals surface area contributed by atoms with Crippen LogP contribution in [0.2, 0.25) is 0 Å². The van der Waals surface area contributed by atoms with Crippen molar-refractivity contribution in [3.8, 4) is 11.3 Å². The zero-order valence-corrected chi connectivity index (χ0v) is 11.6. The number of nitrogens with one attached hydrogen (secondary N) is 2. The zero-order chi connectivity index (χ0) is 12.9. The number of hydrogen-bond donors (Lipinski definition) is 2. The molecular weight excluding hydrogens is 256 g/mol. The van der Waals surface area contributed by atoms with Crippen molar-refractivity contribution in [3.05, 3.63) is 36.3 Å². The number of aromatic amines is 1. The molecule has 3 heterocycles. The quantitative estimate of drug-likeness (QED) is 0.899. The first-order chi connectivity index (χ1) is 9.43. The molecule has 3 rings (SSSR count). The van der Waals surface area contributed by atoms with Crippen LogP contribution in [0.4, 0.5) is 0 Å². The molecule has 0 bridgehead atoms. The molecule has 0 radical (unpaired) electrons. The van der Waals surface area contributed by atoms with Crippen molar-refractivity contribution in [3.63, 3.8) is 0 Å². The monoisotopic (exact) mass is 274 g/mol. The standard InChI is InChI=1S/C14H18N4S/c1-2-11(8-15-5-1)14-12(10-17-18-14)9-16-13-3-6-19-7-4-13/h1-2,5,8,10,13,16H,3-4,6-7,9H2,(H,17,18). The highest BCUT2D eigenvalue weighted by Crippen LogP contribution is 2.21. The predicted molar refractivity (Wildman–Crippen MR) is 79.0 cm³/mol. The van der Waals surface area contributed by atoms with Gasteiger partial charge in [-0.2, -0.15) is 16.9 Å². The summed E-state index contributed by atoms with van der Waals surface area (Å²) in [6, 6.07) is 4.66. The summed E-state index contributed by atoms with van der Waals surface area (Å²) in [6.07, 6.45) is 8.11. The molecule has 2 aromatic heterocycles. The molecule has 0 spiro atoms. The van der Waals surface area contributed by atoms with Crippen LogP contribution in [-0.4, -0.2) is 32.7 Å². The van der Waals surface area contributed by atoms with Crippen LogP contribution in [0, 0.1) is 0 Å². The summed E-state index contributed by atoms with van der Waals surface area (Å²) < 4.78 is 0. The Balaban J connectivity index is 1.67. The molecule has 0 atom stereocenters. The number of nitrogens with zero attached hydrogens (tertiary/aromatic N) is 2. The van der Waals surface area contributed by atoms with E-state index in [2.05, 4.69) is 38.3 Å². The first kappa shape index (κ1) is 12.7. The Labute approximate surface area is 117 Å². The largest absolute Gasteiger partial charge is 0.310 e. The van der Waals surface area contributed by atoms with Gasteiger partial charge in [0.05, 0.1) is 11.9 Å². The summed E-state index contributed by atoms with van der Waals surface area (Å²) in [5.41, 5.74) is 3.38. The average molecular weight is 274 g/mol. The van der Waals surface area contributed by atoms with E-state index in [-0.39, 0.29) is 0 Å². The fourth-order valence-electron chi connectivity index (χ4n) is 2.36. The van der Waals surface area contributed by atoms with Crippen LogP contribution in [0.3, 0.4) is 0 Å². The number of rotatable bonds is 4. The van der Waals surface area contributed by atoms with Crippen molar-refractivity contribution in [1.82, 2.24) is 20.5 Å². The van der Waals surface area contributed by atoms with E-state index < -0.39 is 0 Å². The van der Waals surface area contributed by atoms with E-state index in [0.717, 1.165) is 17.8 Å². The lowest BCUT2D eigenvalue weighted by molar-refractivity contribution is 0.482. The smallest absolute Gasteiger partial charge is 0.0710 e. The molecule has 2 aromatic rings. The van der Waals surface area contributed by atoms with Gasteiger partial charge in [0.25, 0.3) is 0 Å². The van der Waals surface area contributed by atoms with Gasteiger partial charge in [-0.05, 0) is 36.5 Å². The van der Waals surface area contributed by atoms with Gasteiger partial charge in [0.15, 0.2) is 0 Å². The molecule has 19 heavy (non-hydrogen) atoms. The molecule has 2 N–H and O–H groups in total. The summed E-state index contributed by atoms with van der Waals surface area (Å²) in [5, 5.41) is 10.9. The third-order valence-electron chi connectivity index (χ3n) is 3.47. The molecule has 4 nitrogen and oxygen atoms in total. The zero-order valence-electron chi connectivity index (χ0n) is 10.8. The van der Waals surface area contributed by atoms with Gasteiger partial charge in [-0.25, -0.2) is 0 Å². The molecule has 0 unspecified atom stereocenters. The summed E-state index contributed by atoms with van der Waals surface area (Å²) >= 11 is 2.06. The Morgan fingerprint density at radius 1 is 1.32 bits per heavy atom. The van der Waals surface area contributed by atoms with Crippen LogP contribution in [0.1, 0.15) is 18.4 Å². The Kier molecular flexibility index (Phi) is 4.15. The SMILES string of the molecule is c1cncc(-c2[nH]ncc2CNC2CCSCC2)c1. The van der Waals surface area contributed by atoms with E-state index in [1.165, 1.54) is 29.9 Å². The lowest BCUT2D eigenvalue weighted by atomic mass is 10.1. The molecule has 1 fully saturated rings. The number of pyridine rings is 1. The summed E-state index contributed by atoms with van der Waals surface area (Å²) in [4.78, 5) is 4.16. The predicted octanol–water partition coefficient (Wildman–Crippen LogP) is 2.46. The summed E-state index contributed by atoms with van der Waals surface area (Å²) in [6.45, 7) is 0.871. The van der Waals surface area contributed by atoms with Gasteiger partial charge in [-0.15, -0.1) is 0 Å². The minimum absolute atomic E-state index is 0.651. The second kappa shape index (κ2) is 6.21. The Bertz CT molecular complexity index is 505. The van der Waals surface area contributed by atoms with E-state index in [1.807, 2.05) is 18.5 Å². The van der Waals surface area contributed by atoms with Gasteiger partial charge in [-0.1, -0.05) is 0 Å². The molecule has 1 aliphatic heterocycles. The molecule has 0 saturated carbocycles. The van der Waals surface area contributed by atoms with Gasteiger partial charge >= 0.3 is 0 Å². The molecule has 0 amide bonds. The van der Waals surface area contributed by atoms with Crippen LogP contribution in [0.25, 0.3) is 11.3 Å². The van der Waals surface area contributed by atoms with Crippen LogP contribution in [-0.2, 0) is 6.54 Å². The summed E-state index contributed by atoms with van der Waals surface area (Å²) in [7, 11) is 0. The van der Waals surface area contributed by atoms with Crippen LogP contribution in [0.15, 0.2) is 30.7 Å². The van der Waals surface area contributed by atoms with Gasteiger partial charge in [0.2, 0.25) is 0 Å². The van der Waals surface area contributed by atoms with Gasteiger partial charge < -0.3 is 5.32 Å². The molecule has 0 aliphatic carbocycles. The van der Waals surface area contributed by atoms with Crippen molar-refractivity contribution in [2.24, 2.45) is 0 Å². The van der Waals surface area contributed by atoms with Gasteiger partial charge in [0, 0.05) is 36.1 Å². The number of thioether (sulfide) groups is 1. The first-order valence-corrected chi connectivity index (χ1v) is 7.83. The topological polar surface area (TPSA) is 53.6 Å². The molecule has 0 aromatic carbocycles. The molecule has 1 saturated heterocycles. The number of aromatic nitrogens is 3. The minimum atomic E-state index is 0.651. The highest BCUT2D eigenvalue weighted by molar-refractivity contribution is 7.99. The molecule has 1 aliphatic rings. The maximum absolute atomic E-state index is 4.17. The van der Waals surface area contributed by atoms with Crippen molar-refractivity contribution in [2.75, 3.05) is 11.5 Å². The number of hydrogen-bond acceptors (Lipinski definition) is 4. The third-order valence-corrected chi connectivity index (χ3v) is 4.52. The van der Waals surface area contributed by atoms with E-state index in [9.17, 15) is 0 Å². The Hall–Kier alpha value is -1.33. The fraction of sp³-hybridized carbons (Fsp3) is 0.429. The van der Waals surface area contributed by atoms with Crippen molar-refractivity contribution in [1.29, 1.82) is 0 Å². The van der Waals surface area contributed by atoms with Gasteiger partial charge in [0.1, 0.15) is 0 Å². The van der Waals surface area contributed by atoms with E-state index in [4.69, 9.17) is 0 Å². The highest BCUT2D eigenvalue weighted by Gasteiger charge is 2.14. The van der Waals surface area contributed by atoms with Crippen LogP contribution >= 0.6 is 11.8 Å². The van der Waals surface area contributed by atoms with E-state index in [1.54, 1.807) is 6.20 Å². The minimum Gasteiger partial charge on any atom is -0.310 e. The molecule has 100 valence electrons. The van der Waals surface area contributed by atoms with Crippen molar-refractivity contribution >= 4 is 11.8 Å². The van der Waals surface area contributed by atoms with E-state index in [0.29, 0.717) is 6.04 Å². The van der Waals surface area contributed by atoms with E-state index >= 15 is 0 Å². The molecular formula is C14H18N4S. The molecule has 5 heteroatoms.